The van der Waals surface area contributed by atoms with Gasteiger partial charge in [0.05, 0.1) is 36.6 Å². The number of halogens is 1. The molecule has 4 rings (SSSR count). The summed E-state index contributed by atoms with van der Waals surface area (Å²) in [6, 6.07) is 12.0. The van der Waals surface area contributed by atoms with Crippen molar-refractivity contribution < 1.29 is 14.0 Å². The number of aromatic nitrogens is 4. The predicted molar refractivity (Wildman–Crippen MR) is 124 cm³/mol. The smallest absolute Gasteiger partial charge is 0.243 e. The van der Waals surface area contributed by atoms with Gasteiger partial charge in [0, 0.05) is 12.6 Å². The van der Waals surface area contributed by atoms with E-state index in [-0.39, 0.29) is 30.7 Å². The molecule has 0 spiro atoms. The topological polar surface area (TPSA) is 104 Å². The van der Waals surface area contributed by atoms with Crippen molar-refractivity contribution in [2.24, 2.45) is 0 Å². The summed E-state index contributed by atoms with van der Waals surface area (Å²) in [4.78, 5) is 32.1. The molecule has 8 nitrogen and oxygen atoms in total. The molecule has 3 heterocycles. The third kappa shape index (κ3) is 5.30. The molecule has 3 atom stereocenters. The number of rotatable bonds is 6. The highest BCUT2D eigenvalue weighted by Crippen LogP contribution is 2.27. The van der Waals surface area contributed by atoms with Crippen LogP contribution in [0.25, 0.3) is 0 Å². The number of nitrogens with one attached hydrogen (secondary N) is 2. The highest BCUT2D eigenvalue weighted by Gasteiger charge is 2.40. The quantitative estimate of drug-likeness (QED) is 0.584. The van der Waals surface area contributed by atoms with E-state index < -0.39 is 24.2 Å². The van der Waals surface area contributed by atoms with Gasteiger partial charge in [-0.05, 0) is 22.6 Å². The average molecular weight is 465 g/mol. The minimum atomic E-state index is -1.26. The molecular formula is C25H29FN6O2. The Labute approximate surface area is 198 Å². The number of H-pyrrole nitrogens is 1. The maximum absolute atomic E-state index is 14.3. The number of likely N-dealkylation sites (tertiary alicyclic amines) is 1. The molecule has 2 aromatic heterocycles. The Bertz CT molecular complexity index is 1110. The maximum Gasteiger partial charge on any atom is 0.243 e. The highest BCUT2D eigenvalue weighted by molar-refractivity contribution is 5.89. The van der Waals surface area contributed by atoms with E-state index in [1.54, 1.807) is 0 Å². The molecule has 2 amide bonds. The maximum atomic E-state index is 14.3. The van der Waals surface area contributed by atoms with E-state index in [4.69, 9.17) is 0 Å². The second-order valence-corrected chi connectivity index (χ2v) is 9.63. The largest absolute Gasteiger partial charge is 0.342 e. The summed E-state index contributed by atoms with van der Waals surface area (Å²) in [6.45, 7) is 6.21. The highest BCUT2D eigenvalue weighted by atomic mass is 19.1. The van der Waals surface area contributed by atoms with Crippen LogP contribution in [0.4, 0.5) is 4.39 Å². The molecule has 2 N–H and O–H groups in total. The van der Waals surface area contributed by atoms with E-state index >= 15 is 0 Å². The number of hydrogen-bond acceptors (Lipinski definition) is 5. The van der Waals surface area contributed by atoms with Gasteiger partial charge in [-0.3, -0.25) is 19.7 Å². The molecule has 1 fully saturated rings. The van der Waals surface area contributed by atoms with Gasteiger partial charge in [0.25, 0.3) is 0 Å². The molecular weight excluding hydrogens is 435 g/mol. The normalized spacial score (nSPS) is 19.1. The molecule has 3 unspecified atom stereocenters. The van der Waals surface area contributed by atoms with Crippen LogP contribution in [0.1, 0.15) is 55.7 Å². The summed E-state index contributed by atoms with van der Waals surface area (Å²) < 4.78 is 14.3. The Morgan fingerprint density at radius 1 is 1.18 bits per heavy atom. The van der Waals surface area contributed by atoms with Crippen LogP contribution in [0.2, 0.25) is 0 Å². The number of hydrogen-bond donors (Lipinski definition) is 2. The van der Waals surface area contributed by atoms with Gasteiger partial charge >= 0.3 is 0 Å². The summed E-state index contributed by atoms with van der Waals surface area (Å²) in [6.07, 6.45) is 1.92. The fraction of sp³-hybridized carbons (Fsp3) is 0.400. The van der Waals surface area contributed by atoms with Gasteiger partial charge in [-0.25, -0.2) is 4.39 Å². The van der Waals surface area contributed by atoms with Crippen LogP contribution in [-0.4, -0.2) is 55.9 Å². The number of alkyl halides is 1. The third-order valence-electron chi connectivity index (χ3n) is 6.05. The van der Waals surface area contributed by atoms with E-state index in [9.17, 15) is 14.0 Å². The summed E-state index contributed by atoms with van der Waals surface area (Å²) in [7, 11) is 0. The Hall–Kier alpha value is -3.62. The van der Waals surface area contributed by atoms with Gasteiger partial charge < -0.3 is 10.2 Å². The Kier molecular flexibility index (Phi) is 6.72. The van der Waals surface area contributed by atoms with Gasteiger partial charge in [-0.1, -0.05) is 62.4 Å². The van der Waals surface area contributed by atoms with Crippen LogP contribution in [0.3, 0.4) is 0 Å². The lowest BCUT2D eigenvalue weighted by molar-refractivity contribution is -0.138. The van der Waals surface area contributed by atoms with Gasteiger partial charge in [-0.2, -0.15) is 0 Å². The monoisotopic (exact) mass is 464 g/mol. The standard InChI is InChI=1S/C25H29FN6O2/c1-25(2,3)17-9-10-20(27-13-17)23(16-7-5-4-6-8-16)29-24(34)21-11-18(26)15-32(21)22(33)12-19-14-28-31-30-19/h4-10,13-14,18,21,23H,11-12,15H2,1-3H3,(H,29,34)(H,28,30,31). The lowest BCUT2D eigenvalue weighted by Crippen LogP contribution is -2.47. The molecule has 0 aliphatic carbocycles. The second-order valence-electron chi connectivity index (χ2n) is 9.63. The molecule has 178 valence electrons. The van der Waals surface area contributed by atoms with Crippen molar-refractivity contribution >= 4 is 11.8 Å². The number of amides is 2. The van der Waals surface area contributed by atoms with Crippen LogP contribution in [0.15, 0.2) is 54.9 Å². The van der Waals surface area contributed by atoms with Gasteiger partial charge in [0.2, 0.25) is 11.8 Å². The lowest BCUT2D eigenvalue weighted by Gasteiger charge is -2.27. The third-order valence-corrected chi connectivity index (χ3v) is 6.05. The van der Waals surface area contributed by atoms with Gasteiger partial charge in [0.15, 0.2) is 0 Å². The van der Waals surface area contributed by atoms with Gasteiger partial charge in [0.1, 0.15) is 12.2 Å². The van der Waals surface area contributed by atoms with Crippen molar-refractivity contribution in [2.75, 3.05) is 6.54 Å². The summed E-state index contributed by atoms with van der Waals surface area (Å²) in [5, 5.41) is 12.9. The van der Waals surface area contributed by atoms with E-state index in [0.717, 1.165) is 11.1 Å². The van der Waals surface area contributed by atoms with Crippen LogP contribution < -0.4 is 5.32 Å². The molecule has 3 aromatic rings. The molecule has 1 aliphatic heterocycles. The summed E-state index contributed by atoms with van der Waals surface area (Å²) >= 11 is 0. The van der Waals surface area contributed by atoms with Crippen molar-refractivity contribution in [3.05, 3.63) is 77.4 Å². The van der Waals surface area contributed by atoms with Crippen molar-refractivity contribution in [3.63, 3.8) is 0 Å². The van der Waals surface area contributed by atoms with E-state index in [1.165, 1.54) is 11.1 Å². The molecule has 1 aliphatic rings. The molecule has 9 heteroatoms. The second kappa shape index (κ2) is 9.70. The van der Waals surface area contributed by atoms with Crippen LogP contribution in [0, 0.1) is 0 Å². The zero-order chi connectivity index (χ0) is 24.3. The first-order valence-corrected chi connectivity index (χ1v) is 11.3. The van der Waals surface area contributed by atoms with Crippen molar-refractivity contribution in [1.29, 1.82) is 0 Å². The van der Waals surface area contributed by atoms with Gasteiger partial charge in [-0.15, -0.1) is 5.10 Å². The number of pyridine rings is 1. The first kappa shape index (κ1) is 23.5. The van der Waals surface area contributed by atoms with Crippen molar-refractivity contribution in [2.45, 2.75) is 57.3 Å². The number of benzene rings is 1. The molecule has 34 heavy (non-hydrogen) atoms. The number of carbonyl (C=O) groups is 2. The van der Waals surface area contributed by atoms with Crippen LogP contribution in [0.5, 0.6) is 0 Å². The fourth-order valence-corrected chi connectivity index (χ4v) is 4.11. The molecule has 0 bridgehead atoms. The fourth-order valence-electron chi connectivity index (χ4n) is 4.11. The number of nitrogens with zero attached hydrogens (tertiary/aromatic N) is 4. The van der Waals surface area contributed by atoms with E-state index in [0.29, 0.717) is 11.4 Å². The Balaban J connectivity index is 1.57. The first-order valence-electron chi connectivity index (χ1n) is 11.3. The summed E-state index contributed by atoms with van der Waals surface area (Å²) in [5.74, 6) is -0.762. The molecule has 0 saturated carbocycles. The number of carbonyl (C=O) groups excluding carboxylic acids is 2. The van der Waals surface area contributed by atoms with Crippen LogP contribution in [-0.2, 0) is 21.4 Å². The molecule has 1 saturated heterocycles. The van der Waals surface area contributed by atoms with E-state index in [1.807, 2.05) is 48.7 Å². The average Bonchev–Trinajstić information content (AvgIpc) is 3.47. The van der Waals surface area contributed by atoms with E-state index in [2.05, 4.69) is 46.5 Å². The van der Waals surface area contributed by atoms with Crippen molar-refractivity contribution in [1.82, 2.24) is 30.6 Å². The SMILES string of the molecule is CC(C)(C)c1ccc(C(NC(=O)C2CC(F)CN2C(=O)Cc2cnn[nH]2)c2ccccc2)nc1. The number of aromatic amines is 1. The Morgan fingerprint density at radius 3 is 2.56 bits per heavy atom. The molecule has 1 aromatic carbocycles. The zero-order valence-electron chi connectivity index (χ0n) is 19.5. The summed E-state index contributed by atoms with van der Waals surface area (Å²) in [5.41, 5.74) is 3.06. The lowest BCUT2D eigenvalue weighted by atomic mass is 9.88. The zero-order valence-corrected chi connectivity index (χ0v) is 19.5. The van der Waals surface area contributed by atoms with Crippen molar-refractivity contribution in [3.8, 4) is 0 Å². The minimum Gasteiger partial charge on any atom is -0.342 e. The predicted octanol–water partition coefficient (Wildman–Crippen LogP) is 2.88. The minimum absolute atomic E-state index is 0.0264. The molecule has 0 radical (unpaired) electrons. The Morgan fingerprint density at radius 2 is 1.94 bits per heavy atom. The first-order chi connectivity index (χ1) is 16.2. The van der Waals surface area contributed by atoms with Crippen LogP contribution >= 0.6 is 0 Å².